The largest absolute Gasteiger partial charge is 0.481 e. The number of carbonyl (C=O) groups is 1. The second-order valence-corrected chi connectivity index (χ2v) is 2.93. The van der Waals surface area contributed by atoms with Crippen LogP contribution in [0.3, 0.4) is 0 Å². The van der Waals surface area contributed by atoms with Gasteiger partial charge in [-0.05, 0) is 6.42 Å². The minimum absolute atomic E-state index is 0.429. The number of hydrogen-bond acceptors (Lipinski definition) is 3. The Hall–Kier alpha value is -0.900. The summed E-state index contributed by atoms with van der Waals surface area (Å²) in [7, 11) is 0. The van der Waals surface area contributed by atoms with E-state index in [1.165, 1.54) is 11.3 Å². The minimum atomic E-state index is -0.793. The molecular formula is C7H9NO2S. The number of carboxylic acids is 1. The Labute approximate surface area is 68.7 Å². The predicted octanol–water partition coefficient (Wildman–Crippen LogP) is 1.72. The number of nitrogens with zero attached hydrogens (tertiary/aromatic N) is 1. The van der Waals surface area contributed by atoms with Crippen LogP contribution >= 0.6 is 11.3 Å². The van der Waals surface area contributed by atoms with Crippen molar-refractivity contribution in [2.75, 3.05) is 0 Å². The molecular weight excluding hydrogens is 162 g/mol. The number of hydrogen-bond donors (Lipinski definition) is 1. The van der Waals surface area contributed by atoms with Gasteiger partial charge in [0.1, 0.15) is 0 Å². The Morgan fingerprint density at radius 2 is 2.64 bits per heavy atom. The predicted molar refractivity (Wildman–Crippen MR) is 42.8 cm³/mol. The van der Waals surface area contributed by atoms with Crippen LogP contribution in [0.25, 0.3) is 0 Å². The Morgan fingerprint density at radius 3 is 3.00 bits per heavy atom. The zero-order valence-electron chi connectivity index (χ0n) is 6.15. The van der Waals surface area contributed by atoms with Crippen LogP contribution in [-0.2, 0) is 4.79 Å². The average Bonchev–Trinajstić information content (AvgIpc) is 2.40. The number of rotatable bonds is 3. The van der Waals surface area contributed by atoms with Gasteiger partial charge in [0, 0.05) is 5.38 Å². The van der Waals surface area contributed by atoms with Gasteiger partial charge >= 0.3 is 5.97 Å². The summed E-state index contributed by atoms with van der Waals surface area (Å²) in [6, 6.07) is 0. The van der Waals surface area contributed by atoms with Gasteiger partial charge in [-0.3, -0.25) is 4.79 Å². The molecule has 1 heterocycles. The molecule has 1 atom stereocenters. The van der Waals surface area contributed by atoms with Gasteiger partial charge in [0.25, 0.3) is 0 Å². The Bertz CT molecular complexity index is 233. The van der Waals surface area contributed by atoms with E-state index in [0.29, 0.717) is 12.1 Å². The Morgan fingerprint density at radius 1 is 1.91 bits per heavy atom. The van der Waals surface area contributed by atoms with E-state index < -0.39 is 11.9 Å². The van der Waals surface area contributed by atoms with Crippen molar-refractivity contribution in [1.82, 2.24) is 4.98 Å². The van der Waals surface area contributed by atoms with Gasteiger partial charge in [0.15, 0.2) is 0 Å². The lowest BCUT2D eigenvalue weighted by Gasteiger charge is -2.04. The van der Waals surface area contributed by atoms with Gasteiger partial charge in [-0.1, -0.05) is 6.92 Å². The van der Waals surface area contributed by atoms with E-state index in [2.05, 4.69) is 4.98 Å². The molecule has 1 rings (SSSR count). The zero-order valence-corrected chi connectivity index (χ0v) is 6.97. The van der Waals surface area contributed by atoms with Gasteiger partial charge < -0.3 is 5.11 Å². The normalized spacial score (nSPS) is 12.8. The summed E-state index contributed by atoms with van der Waals surface area (Å²) in [6.07, 6.45) is 0.596. The molecule has 0 aliphatic carbocycles. The van der Waals surface area contributed by atoms with E-state index in [-0.39, 0.29) is 0 Å². The van der Waals surface area contributed by atoms with Crippen molar-refractivity contribution in [3.8, 4) is 0 Å². The fourth-order valence-corrected chi connectivity index (χ4v) is 1.51. The molecule has 0 radical (unpaired) electrons. The molecule has 60 valence electrons. The Kier molecular flexibility index (Phi) is 2.59. The number of thiazole rings is 1. The molecule has 0 bridgehead atoms. The fourth-order valence-electron chi connectivity index (χ4n) is 0.904. The van der Waals surface area contributed by atoms with Gasteiger partial charge in [-0.15, -0.1) is 11.3 Å². The molecule has 0 saturated carbocycles. The fraction of sp³-hybridized carbons (Fsp3) is 0.429. The van der Waals surface area contributed by atoms with E-state index in [0.717, 1.165) is 0 Å². The average molecular weight is 171 g/mol. The van der Waals surface area contributed by atoms with Crippen molar-refractivity contribution in [3.05, 3.63) is 16.6 Å². The number of carboxylic acid groups (broad SMARTS) is 1. The van der Waals surface area contributed by atoms with Crippen molar-refractivity contribution >= 4 is 17.3 Å². The van der Waals surface area contributed by atoms with Crippen LogP contribution in [0.2, 0.25) is 0 Å². The summed E-state index contributed by atoms with van der Waals surface area (Å²) in [5.41, 5.74) is 2.33. The van der Waals surface area contributed by atoms with Gasteiger partial charge in [-0.2, -0.15) is 0 Å². The molecule has 0 fully saturated rings. The first-order valence-corrected chi connectivity index (χ1v) is 4.31. The summed E-state index contributed by atoms with van der Waals surface area (Å²) >= 11 is 1.43. The van der Waals surface area contributed by atoms with E-state index in [1.807, 2.05) is 6.92 Å². The molecule has 0 aliphatic rings. The topological polar surface area (TPSA) is 50.2 Å². The monoisotopic (exact) mass is 171 g/mol. The maximum Gasteiger partial charge on any atom is 0.312 e. The van der Waals surface area contributed by atoms with Crippen LogP contribution in [-0.4, -0.2) is 16.1 Å². The molecule has 0 aliphatic heterocycles. The maximum atomic E-state index is 10.6. The molecule has 0 saturated heterocycles. The summed E-state index contributed by atoms with van der Waals surface area (Å²) in [5.74, 6) is -1.22. The van der Waals surface area contributed by atoms with Gasteiger partial charge in [0.2, 0.25) is 0 Å². The van der Waals surface area contributed by atoms with Crippen LogP contribution in [0.1, 0.15) is 25.0 Å². The summed E-state index contributed by atoms with van der Waals surface area (Å²) in [5, 5.41) is 10.5. The number of aliphatic carboxylic acids is 1. The highest BCUT2D eigenvalue weighted by Crippen LogP contribution is 2.18. The van der Waals surface area contributed by atoms with E-state index in [1.54, 1.807) is 10.9 Å². The lowest BCUT2D eigenvalue weighted by Crippen LogP contribution is -2.10. The van der Waals surface area contributed by atoms with Crippen molar-refractivity contribution in [2.45, 2.75) is 19.3 Å². The summed E-state index contributed by atoms with van der Waals surface area (Å²) in [6.45, 7) is 1.85. The highest BCUT2D eigenvalue weighted by molar-refractivity contribution is 7.07. The van der Waals surface area contributed by atoms with Crippen LogP contribution in [0, 0.1) is 0 Å². The first kappa shape index (κ1) is 8.20. The molecule has 0 aromatic carbocycles. The summed E-state index contributed by atoms with van der Waals surface area (Å²) < 4.78 is 0. The third kappa shape index (κ3) is 1.77. The van der Waals surface area contributed by atoms with Crippen LogP contribution < -0.4 is 0 Å². The highest BCUT2D eigenvalue weighted by Gasteiger charge is 2.18. The third-order valence-corrected chi connectivity index (χ3v) is 2.12. The second-order valence-electron chi connectivity index (χ2n) is 2.21. The smallest absolute Gasteiger partial charge is 0.312 e. The van der Waals surface area contributed by atoms with Crippen molar-refractivity contribution in [3.63, 3.8) is 0 Å². The third-order valence-electron chi connectivity index (χ3n) is 1.51. The summed E-state index contributed by atoms with van der Waals surface area (Å²) in [4.78, 5) is 14.5. The lowest BCUT2D eigenvalue weighted by atomic mass is 10.0. The van der Waals surface area contributed by atoms with Crippen molar-refractivity contribution in [1.29, 1.82) is 0 Å². The van der Waals surface area contributed by atoms with E-state index >= 15 is 0 Å². The van der Waals surface area contributed by atoms with Crippen LogP contribution in [0.15, 0.2) is 10.9 Å². The van der Waals surface area contributed by atoms with Crippen LogP contribution in [0.4, 0.5) is 0 Å². The first-order valence-electron chi connectivity index (χ1n) is 3.36. The molecule has 0 spiro atoms. The molecule has 1 N–H and O–H groups in total. The molecule has 11 heavy (non-hydrogen) atoms. The second kappa shape index (κ2) is 3.48. The molecule has 1 aromatic rings. The maximum absolute atomic E-state index is 10.6. The standard InChI is InChI=1S/C7H9NO2S/c1-2-5(7(9)10)6-3-11-4-8-6/h3-5H,2H2,1H3,(H,9,10)/t5-/m0/s1. The van der Waals surface area contributed by atoms with Crippen LogP contribution in [0.5, 0.6) is 0 Å². The molecule has 3 nitrogen and oxygen atoms in total. The first-order chi connectivity index (χ1) is 5.25. The van der Waals surface area contributed by atoms with Gasteiger partial charge in [0.05, 0.1) is 17.1 Å². The minimum Gasteiger partial charge on any atom is -0.481 e. The SMILES string of the molecule is CC[C@H](C(=O)O)c1cscn1. The Balaban J connectivity index is 2.79. The molecule has 0 unspecified atom stereocenters. The van der Waals surface area contributed by atoms with E-state index in [9.17, 15) is 4.79 Å². The highest BCUT2D eigenvalue weighted by atomic mass is 32.1. The number of aromatic nitrogens is 1. The van der Waals surface area contributed by atoms with Crippen molar-refractivity contribution in [2.24, 2.45) is 0 Å². The zero-order chi connectivity index (χ0) is 8.27. The van der Waals surface area contributed by atoms with E-state index in [4.69, 9.17) is 5.11 Å². The lowest BCUT2D eigenvalue weighted by molar-refractivity contribution is -0.138. The molecule has 4 heteroatoms. The van der Waals surface area contributed by atoms with Gasteiger partial charge in [-0.25, -0.2) is 4.98 Å². The molecule has 1 aromatic heterocycles. The molecule has 0 amide bonds. The van der Waals surface area contributed by atoms with Crippen molar-refractivity contribution < 1.29 is 9.90 Å². The quantitative estimate of drug-likeness (QED) is 0.753.